The van der Waals surface area contributed by atoms with E-state index in [-0.39, 0.29) is 31.1 Å². The Labute approximate surface area is 359 Å². The minimum absolute atomic E-state index is 0.0835. The van der Waals surface area contributed by atoms with Crippen LogP contribution in [-0.2, 0) is 28.6 Å². The third-order valence-corrected chi connectivity index (χ3v) is 10.9. The van der Waals surface area contributed by atoms with E-state index < -0.39 is 6.10 Å². The van der Waals surface area contributed by atoms with Crippen molar-refractivity contribution in [3.8, 4) is 0 Å². The van der Waals surface area contributed by atoms with E-state index in [4.69, 9.17) is 14.2 Å². The van der Waals surface area contributed by atoms with E-state index in [9.17, 15) is 14.4 Å². The van der Waals surface area contributed by atoms with Crippen LogP contribution in [-0.4, -0.2) is 37.2 Å². The van der Waals surface area contributed by atoms with Crippen LogP contribution in [0.25, 0.3) is 0 Å². The lowest BCUT2D eigenvalue weighted by Gasteiger charge is -2.18. The Hall–Kier alpha value is -2.37. The zero-order valence-electron chi connectivity index (χ0n) is 38.6. The van der Waals surface area contributed by atoms with E-state index in [1.165, 1.54) is 148 Å². The molecule has 0 radical (unpaired) electrons. The van der Waals surface area contributed by atoms with Gasteiger partial charge in [0.25, 0.3) is 0 Å². The summed E-state index contributed by atoms with van der Waals surface area (Å²) >= 11 is 0. The number of carbonyl (C=O) groups is 3. The molecule has 0 aromatic rings. The summed E-state index contributed by atoms with van der Waals surface area (Å²) < 4.78 is 16.7. The van der Waals surface area contributed by atoms with Gasteiger partial charge in [-0.3, -0.25) is 14.4 Å². The fraction of sp³-hybridized carbons (Fsp3) is 0.827. The highest BCUT2D eigenvalue weighted by Crippen LogP contribution is 2.16. The molecule has 0 spiro atoms. The SMILES string of the molecule is CC/C=C\C/C=C\C/C=C\CCCC(=O)OCC(COC(=O)CCCCCCCCCCCCCCCCC)OC(=O)CCCCCCCCCCCCCCCC. The van der Waals surface area contributed by atoms with E-state index >= 15 is 0 Å². The van der Waals surface area contributed by atoms with Crippen LogP contribution < -0.4 is 0 Å². The first-order valence-corrected chi connectivity index (χ1v) is 25.0. The molecule has 0 amide bonds. The lowest BCUT2D eigenvalue weighted by molar-refractivity contribution is -0.167. The molecule has 0 N–H and O–H groups in total. The van der Waals surface area contributed by atoms with Gasteiger partial charge in [0.05, 0.1) is 0 Å². The summed E-state index contributed by atoms with van der Waals surface area (Å²) in [6, 6.07) is 0. The lowest BCUT2D eigenvalue weighted by atomic mass is 10.0. The predicted molar refractivity (Wildman–Crippen MR) is 247 cm³/mol. The third-order valence-electron chi connectivity index (χ3n) is 10.9. The van der Waals surface area contributed by atoms with Gasteiger partial charge in [-0.15, -0.1) is 0 Å². The van der Waals surface area contributed by atoms with Gasteiger partial charge in [0.15, 0.2) is 6.10 Å². The molecule has 0 bridgehead atoms. The standard InChI is InChI=1S/C52H94O6/c1-4-7-10-13-16-19-22-24-26-28-30-33-36-39-42-45-51(54)57-48-49(47-56-50(53)44-41-38-35-32-29-21-18-15-12-9-6-3)58-52(55)46-43-40-37-34-31-27-25-23-20-17-14-11-8-5-2/h9,12,18,21,32,35,49H,4-8,10-11,13-17,19-20,22-31,33-34,36-48H2,1-3H3/b12-9-,21-18-,35-32-. The van der Waals surface area contributed by atoms with Gasteiger partial charge >= 0.3 is 17.9 Å². The summed E-state index contributed by atoms with van der Waals surface area (Å²) in [5.74, 6) is -0.930. The second-order valence-electron chi connectivity index (χ2n) is 16.7. The van der Waals surface area contributed by atoms with Crippen molar-refractivity contribution in [2.75, 3.05) is 13.2 Å². The van der Waals surface area contributed by atoms with Gasteiger partial charge in [0, 0.05) is 19.3 Å². The van der Waals surface area contributed by atoms with Crippen LogP contribution in [0.4, 0.5) is 0 Å². The van der Waals surface area contributed by atoms with Gasteiger partial charge < -0.3 is 14.2 Å². The average molecular weight is 815 g/mol. The first-order chi connectivity index (χ1) is 28.5. The normalized spacial score (nSPS) is 12.3. The Morgan fingerprint density at radius 3 is 1.05 bits per heavy atom. The third kappa shape index (κ3) is 44.7. The smallest absolute Gasteiger partial charge is 0.306 e. The summed E-state index contributed by atoms with van der Waals surface area (Å²) in [5.41, 5.74) is 0. The van der Waals surface area contributed by atoms with Crippen molar-refractivity contribution in [3.05, 3.63) is 36.5 Å². The number of ether oxygens (including phenoxy) is 3. The maximum Gasteiger partial charge on any atom is 0.306 e. The van der Waals surface area contributed by atoms with Gasteiger partial charge in [0.2, 0.25) is 0 Å². The number of allylic oxidation sites excluding steroid dienone is 6. The molecule has 58 heavy (non-hydrogen) atoms. The highest BCUT2D eigenvalue weighted by atomic mass is 16.6. The van der Waals surface area contributed by atoms with E-state index in [1.54, 1.807) is 0 Å². The average Bonchev–Trinajstić information content (AvgIpc) is 3.22. The quantitative estimate of drug-likeness (QED) is 0.0264. The first kappa shape index (κ1) is 55.6. The maximum atomic E-state index is 12.8. The van der Waals surface area contributed by atoms with Crippen molar-refractivity contribution in [2.24, 2.45) is 0 Å². The zero-order valence-corrected chi connectivity index (χ0v) is 38.6. The predicted octanol–water partition coefficient (Wildman–Crippen LogP) is 16.1. The number of hydrogen-bond donors (Lipinski definition) is 0. The molecule has 6 heteroatoms. The molecule has 0 aliphatic rings. The fourth-order valence-corrected chi connectivity index (χ4v) is 7.17. The zero-order chi connectivity index (χ0) is 42.3. The van der Waals surface area contributed by atoms with Crippen molar-refractivity contribution in [2.45, 2.75) is 264 Å². The van der Waals surface area contributed by atoms with Crippen molar-refractivity contribution in [3.63, 3.8) is 0 Å². The highest BCUT2D eigenvalue weighted by molar-refractivity contribution is 5.71. The summed E-state index contributed by atoms with van der Waals surface area (Å²) in [4.78, 5) is 37.8. The van der Waals surface area contributed by atoms with E-state index in [1.807, 2.05) is 0 Å². The minimum Gasteiger partial charge on any atom is -0.462 e. The molecule has 0 aliphatic carbocycles. The Bertz CT molecular complexity index is 984. The molecule has 0 aliphatic heterocycles. The topological polar surface area (TPSA) is 78.9 Å². The number of carbonyl (C=O) groups excluding carboxylic acids is 3. The second-order valence-corrected chi connectivity index (χ2v) is 16.7. The van der Waals surface area contributed by atoms with E-state index in [0.29, 0.717) is 25.7 Å². The highest BCUT2D eigenvalue weighted by Gasteiger charge is 2.19. The molecule has 0 saturated carbocycles. The van der Waals surface area contributed by atoms with Crippen LogP contribution in [0.2, 0.25) is 0 Å². The summed E-state index contributed by atoms with van der Waals surface area (Å²) in [7, 11) is 0. The summed E-state index contributed by atoms with van der Waals surface area (Å²) in [6.07, 6.45) is 54.2. The van der Waals surface area contributed by atoms with Crippen LogP contribution in [0.5, 0.6) is 0 Å². The molecule has 0 aromatic carbocycles. The molecule has 0 heterocycles. The van der Waals surface area contributed by atoms with Gasteiger partial charge in [0.1, 0.15) is 13.2 Å². The number of esters is 3. The minimum atomic E-state index is -0.785. The Morgan fingerprint density at radius 1 is 0.362 bits per heavy atom. The first-order valence-electron chi connectivity index (χ1n) is 25.0. The number of rotatable bonds is 45. The molecule has 338 valence electrons. The van der Waals surface area contributed by atoms with Crippen LogP contribution in [0, 0.1) is 0 Å². The molecule has 0 rings (SSSR count). The van der Waals surface area contributed by atoms with E-state index in [0.717, 1.165) is 64.2 Å². The monoisotopic (exact) mass is 815 g/mol. The van der Waals surface area contributed by atoms with Crippen molar-refractivity contribution in [1.29, 1.82) is 0 Å². The molecule has 1 unspecified atom stereocenters. The second kappa shape index (κ2) is 47.3. The molecular formula is C52H94O6. The number of hydrogen-bond acceptors (Lipinski definition) is 6. The summed E-state index contributed by atoms with van der Waals surface area (Å²) in [6.45, 7) is 6.49. The molecular weight excluding hydrogens is 721 g/mol. The van der Waals surface area contributed by atoms with Crippen LogP contribution >= 0.6 is 0 Å². The molecule has 0 aromatic heterocycles. The molecule has 1 atom stereocenters. The fourth-order valence-electron chi connectivity index (χ4n) is 7.17. The van der Waals surface area contributed by atoms with Crippen LogP contribution in [0.15, 0.2) is 36.5 Å². The van der Waals surface area contributed by atoms with E-state index in [2.05, 4.69) is 57.2 Å². The van der Waals surface area contributed by atoms with Gasteiger partial charge in [-0.05, 0) is 44.9 Å². The van der Waals surface area contributed by atoms with Crippen LogP contribution in [0.3, 0.4) is 0 Å². The Balaban J connectivity index is 4.37. The van der Waals surface area contributed by atoms with Crippen molar-refractivity contribution >= 4 is 17.9 Å². The van der Waals surface area contributed by atoms with Crippen molar-refractivity contribution in [1.82, 2.24) is 0 Å². The Morgan fingerprint density at radius 2 is 0.672 bits per heavy atom. The van der Waals surface area contributed by atoms with Gasteiger partial charge in [-0.25, -0.2) is 0 Å². The summed E-state index contributed by atoms with van der Waals surface area (Å²) in [5, 5.41) is 0. The molecule has 6 nitrogen and oxygen atoms in total. The Kier molecular flexibility index (Phi) is 45.4. The number of unbranched alkanes of at least 4 members (excludes halogenated alkanes) is 28. The molecule has 0 saturated heterocycles. The maximum absolute atomic E-state index is 12.8. The van der Waals surface area contributed by atoms with Crippen molar-refractivity contribution < 1.29 is 28.6 Å². The van der Waals surface area contributed by atoms with Gasteiger partial charge in [-0.2, -0.15) is 0 Å². The van der Waals surface area contributed by atoms with Gasteiger partial charge in [-0.1, -0.05) is 231 Å². The van der Waals surface area contributed by atoms with Crippen LogP contribution in [0.1, 0.15) is 258 Å². The molecule has 0 fully saturated rings. The largest absolute Gasteiger partial charge is 0.462 e. The lowest BCUT2D eigenvalue weighted by Crippen LogP contribution is -2.30.